The summed E-state index contributed by atoms with van der Waals surface area (Å²) in [6, 6.07) is 6.57. The summed E-state index contributed by atoms with van der Waals surface area (Å²) in [5.74, 6) is 0.950. The second-order valence-electron chi connectivity index (χ2n) is 4.82. The molecule has 0 amide bonds. The van der Waals surface area contributed by atoms with Crippen LogP contribution < -0.4 is 10.1 Å². The van der Waals surface area contributed by atoms with E-state index in [0.29, 0.717) is 6.04 Å². The Morgan fingerprint density at radius 1 is 1.25 bits per heavy atom. The minimum atomic E-state index is 0.417. The van der Waals surface area contributed by atoms with Crippen LogP contribution in [0.5, 0.6) is 5.75 Å². The summed E-state index contributed by atoms with van der Waals surface area (Å²) >= 11 is 3.53. The van der Waals surface area contributed by atoms with Crippen LogP contribution in [0.25, 0.3) is 0 Å². The fourth-order valence-electron chi connectivity index (χ4n) is 2.21. The largest absolute Gasteiger partial charge is 0.496 e. The summed E-state index contributed by atoms with van der Waals surface area (Å²) in [5.41, 5.74) is 1.23. The van der Waals surface area contributed by atoms with Gasteiger partial charge < -0.3 is 14.8 Å². The molecule has 1 unspecified atom stereocenters. The van der Waals surface area contributed by atoms with Crippen LogP contribution in [0, 0.1) is 0 Å². The first-order valence-corrected chi connectivity index (χ1v) is 8.14. The van der Waals surface area contributed by atoms with E-state index in [1.165, 1.54) is 5.56 Å². The van der Waals surface area contributed by atoms with Gasteiger partial charge in [-0.25, -0.2) is 0 Å². The van der Waals surface area contributed by atoms with Crippen molar-refractivity contribution in [3.8, 4) is 5.75 Å². The summed E-state index contributed by atoms with van der Waals surface area (Å²) in [4.78, 5) is 0. The number of hydrogen-bond acceptors (Lipinski definition) is 3. The van der Waals surface area contributed by atoms with Gasteiger partial charge in [0.1, 0.15) is 5.75 Å². The number of hydrogen-bond donors (Lipinski definition) is 1. The van der Waals surface area contributed by atoms with Crippen molar-refractivity contribution in [3.05, 3.63) is 28.2 Å². The maximum atomic E-state index is 5.60. The molecule has 0 spiro atoms. The summed E-state index contributed by atoms with van der Waals surface area (Å²) in [7, 11) is 1.72. The van der Waals surface area contributed by atoms with Crippen molar-refractivity contribution >= 4 is 15.9 Å². The van der Waals surface area contributed by atoms with E-state index in [9.17, 15) is 0 Å². The lowest BCUT2D eigenvalue weighted by molar-refractivity contribution is 0.124. The van der Waals surface area contributed by atoms with Gasteiger partial charge in [0.25, 0.3) is 0 Å². The molecule has 1 rings (SSSR count). The van der Waals surface area contributed by atoms with E-state index in [0.717, 1.165) is 49.2 Å². The molecule has 1 atom stereocenters. The maximum Gasteiger partial charge on any atom is 0.122 e. The second-order valence-corrected chi connectivity index (χ2v) is 5.73. The molecule has 0 fully saturated rings. The highest BCUT2D eigenvalue weighted by atomic mass is 79.9. The highest BCUT2D eigenvalue weighted by Crippen LogP contribution is 2.24. The highest BCUT2D eigenvalue weighted by Gasteiger charge is 2.12. The van der Waals surface area contributed by atoms with Gasteiger partial charge in [-0.3, -0.25) is 0 Å². The Labute approximate surface area is 131 Å². The molecule has 1 aromatic rings. The minimum Gasteiger partial charge on any atom is -0.496 e. The molecule has 0 aliphatic carbocycles. The van der Waals surface area contributed by atoms with E-state index in [1.54, 1.807) is 7.11 Å². The van der Waals surface area contributed by atoms with Crippen LogP contribution in [0.2, 0.25) is 0 Å². The molecule has 0 aliphatic heterocycles. The smallest absolute Gasteiger partial charge is 0.122 e. The molecule has 114 valence electrons. The highest BCUT2D eigenvalue weighted by molar-refractivity contribution is 9.10. The second kappa shape index (κ2) is 10.2. The number of nitrogens with one attached hydrogen (secondary N) is 1. The molecule has 0 saturated carbocycles. The van der Waals surface area contributed by atoms with Gasteiger partial charge in [-0.15, -0.1) is 0 Å². The molecular formula is C16H26BrNO2. The molecule has 3 nitrogen and oxygen atoms in total. The van der Waals surface area contributed by atoms with Gasteiger partial charge in [-0.05, 0) is 49.6 Å². The molecule has 0 radical (unpaired) electrons. The monoisotopic (exact) mass is 343 g/mol. The van der Waals surface area contributed by atoms with Crippen molar-refractivity contribution < 1.29 is 9.47 Å². The zero-order chi connectivity index (χ0) is 14.8. The number of halogens is 1. The van der Waals surface area contributed by atoms with Crippen LogP contribution >= 0.6 is 15.9 Å². The predicted molar refractivity (Wildman–Crippen MR) is 87.6 cm³/mol. The number of rotatable bonds is 10. The fourth-order valence-corrected chi connectivity index (χ4v) is 2.62. The van der Waals surface area contributed by atoms with Gasteiger partial charge in [0.2, 0.25) is 0 Å². The van der Waals surface area contributed by atoms with Gasteiger partial charge in [-0.1, -0.05) is 29.8 Å². The van der Waals surface area contributed by atoms with Gasteiger partial charge in [0.15, 0.2) is 0 Å². The van der Waals surface area contributed by atoms with Crippen LogP contribution in [-0.2, 0) is 11.2 Å². The number of likely N-dealkylation sites (N-methyl/N-ethyl adjacent to an activating group) is 1. The Kier molecular flexibility index (Phi) is 8.90. The topological polar surface area (TPSA) is 30.5 Å². The Morgan fingerprint density at radius 2 is 2.05 bits per heavy atom. The fraction of sp³-hybridized carbons (Fsp3) is 0.625. The average Bonchev–Trinajstić information content (AvgIpc) is 2.44. The summed E-state index contributed by atoms with van der Waals surface area (Å²) in [6.07, 6.45) is 3.04. The Bertz CT molecular complexity index is 385. The number of methoxy groups -OCH3 is 1. The third-order valence-electron chi connectivity index (χ3n) is 3.16. The molecular weight excluding hydrogens is 318 g/mol. The first kappa shape index (κ1) is 17.5. The number of ether oxygens (including phenoxy) is 2. The third kappa shape index (κ3) is 6.25. The first-order valence-electron chi connectivity index (χ1n) is 7.34. The van der Waals surface area contributed by atoms with E-state index in [1.807, 2.05) is 12.1 Å². The van der Waals surface area contributed by atoms with Gasteiger partial charge >= 0.3 is 0 Å². The Balaban J connectivity index is 2.61. The molecule has 4 heteroatoms. The third-order valence-corrected chi connectivity index (χ3v) is 3.65. The van der Waals surface area contributed by atoms with E-state index in [2.05, 4.69) is 41.2 Å². The van der Waals surface area contributed by atoms with Crippen LogP contribution in [0.4, 0.5) is 0 Å². The summed E-state index contributed by atoms with van der Waals surface area (Å²) in [5, 5.41) is 3.53. The van der Waals surface area contributed by atoms with Crippen molar-refractivity contribution in [2.24, 2.45) is 0 Å². The average molecular weight is 344 g/mol. The van der Waals surface area contributed by atoms with Crippen molar-refractivity contribution in [3.63, 3.8) is 0 Å². The molecule has 1 aromatic carbocycles. The molecule has 0 aliphatic rings. The first-order chi connectivity index (χ1) is 9.71. The molecule has 20 heavy (non-hydrogen) atoms. The quantitative estimate of drug-likeness (QED) is 0.655. The van der Waals surface area contributed by atoms with Gasteiger partial charge in [-0.2, -0.15) is 0 Å². The van der Waals surface area contributed by atoms with E-state index in [4.69, 9.17) is 9.47 Å². The molecule has 0 saturated heterocycles. The lowest BCUT2D eigenvalue weighted by Gasteiger charge is -2.19. The van der Waals surface area contributed by atoms with Crippen molar-refractivity contribution in [1.82, 2.24) is 5.32 Å². The predicted octanol–water partition coefficient (Wildman–Crippen LogP) is 3.80. The minimum absolute atomic E-state index is 0.417. The van der Waals surface area contributed by atoms with E-state index < -0.39 is 0 Å². The summed E-state index contributed by atoms with van der Waals surface area (Å²) in [6.45, 7) is 6.89. The molecule has 1 N–H and O–H groups in total. The lowest BCUT2D eigenvalue weighted by Crippen LogP contribution is -2.32. The summed E-state index contributed by atoms with van der Waals surface area (Å²) < 4.78 is 12.1. The Morgan fingerprint density at radius 3 is 2.70 bits per heavy atom. The number of benzene rings is 1. The van der Waals surface area contributed by atoms with Crippen molar-refractivity contribution in [1.29, 1.82) is 0 Å². The zero-order valence-corrected chi connectivity index (χ0v) is 14.3. The SMILES string of the molecule is CCCOCCC(Cc1cc(Br)ccc1OC)NCC. The zero-order valence-electron chi connectivity index (χ0n) is 12.7. The van der Waals surface area contributed by atoms with Crippen LogP contribution in [0.1, 0.15) is 32.3 Å². The van der Waals surface area contributed by atoms with Gasteiger partial charge in [0, 0.05) is 23.7 Å². The lowest BCUT2D eigenvalue weighted by atomic mass is 10.0. The van der Waals surface area contributed by atoms with Crippen LogP contribution in [0.3, 0.4) is 0 Å². The molecule has 0 heterocycles. The van der Waals surface area contributed by atoms with E-state index >= 15 is 0 Å². The normalized spacial score (nSPS) is 12.4. The van der Waals surface area contributed by atoms with Crippen molar-refractivity contribution in [2.45, 2.75) is 39.2 Å². The van der Waals surface area contributed by atoms with Crippen LogP contribution in [-0.4, -0.2) is 32.9 Å². The van der Waals surface area contributed by atoms with Crippen LogP contribution in [0.15, 0.2) is 22.7 Å². The van der Waals surface area contributed by atoms with Crippen molar-refractivity contribution in [2.75, 3.05) is 26.9 Å². The molecule has 0 bridgehead atoms. The maximum absolute atomic E-state index is 5.60. The molecule has 0 aromatic heterocycles. The Hall–Kier alpha value is -0.580. The van der Waals surface area contributed by atoms with E-state index in [-0.39, 0.29) is 0 Å². The van der Waals surface area contributed by atoms with Gasteiger partial charge in [0.05, 0.1) is 7.11 Å². The standard InChI is InChI=1S/C16H26BrNO2/c1-4-9-20-10-8-15(18-5-2)12-13-11-14(17)6-7-16(13)19-3/h6-7,11,15,18H,4-5,8-10,12H2,1-3H3.